The zero-order valence-corrected chi connectivity index (χ0v) is 15.3. The summed E-state index contributed by atoms with van der Waals surface area (Å²) >= 11 is 0. The summed E-state index contributed by atoms with van der Waals surface area (Å²) in [5.74, 6) is 0.816. The molecule has 6 nitrogen and oxygen atoms in total. The zero-order valence-electron chi connectivity index (χ0n) is 15.3. The minimum atomic E-state index is -0.0443. The Bertz CT molecular complexity index is 793. The number of nitrogens with zero attached hydrogens (tertiary/aromatic N) is 2. The number of hydrogen-bond donors (Lipinski definition) is 2. The van der Waals surface area contributed by atoms with Crippen molar-refractivity contribution in [1.29, 1.82) is 0 Å². The van der Waals surface area contributed by atoms with E-state index in [1.807, 2.05) is 12.1 Å². The number of aromatic nitrogens is 2. The number of nitrogens with one attached hydrogen (secondary N) is 2. The first-order valence-corrected chi connectivity index (χ1v) is 9.51. The minimum absolute atomic E-state index is 0.0443. The third-order valence-corrected chi connectivity index (χ3v) is 5.44. The number of ether oxygens (including phenoxy) is 1. The summed E-state index contributed by atoms with van der Waals surface area (Å²) in [5, 5.41) is 10.4. The number of amides is 1. The van der Waals surface area contributed by atoms with Crippen LogP contribution in [0.4, 0.5) is 0 Å². The molecule has 0 bridgehead atoms. The van der Waals surface area contributed by atoms with Gasteiger partial charge in [-0.3, -0.25) is 9.89 Å². The lowest BCUT2D eigenvalue weighted by Crippen LogP contribution is -2.29. The molecular formula is C20H26N4O2. The summed E-state index contributed by atoms with van der Waals surface area (Å²) in [5.41, 5.74) is 4.86. The van der Waals surface area contributed by atoms with Crippen molar-refractivity contribution >= 4 is 5.91 Å². The van der Waals surface area contributed by atoms with Crippen LogP contribution in [0.2, 0.25) is 0 Å². The van der Waals surface area contributed by atoms with E-state index < -0.39 is 0 Å². The van der Waals surface area contributed by atoms with Gasteiger partial charge in [-0.25, -0.2) is 0 Å². The highest BCUT2D eigenvalue weighted by Crippen LogP contribution is 2.35. The molecule has 138 valence electrons. The van der Waals surface area contributed by atoms with Crippen molar-refractivity contribution in [1.82, 2.24) is 20.4 Å². The summed E-state index contributed by atoms with van der Waals surface area (Å²) in [6.45, 7) is 4.17. The van der Waals surface area contributed by atoms with Gasteiger partial charge in [0.15, 0.2) is 0 Å². The molecule has 1 saturated heterocycles. The van der Waals surface area contributed by atoms with Crippen LogP contribution in [0, 0.1) is 0 Å². The molecule has 1 fully saturated rings. The van der Waals surface area contributed by atoms with E-state index in [4.69, 9.17) is 4.74 Å². The average molecular weight is 354 g/mol. The van der Waals surface area contributed by atoms with Gasteiger partial charge in [-0.1, -0.05) is 0 Å². The Morgan fingerprint density at radius 3 is 2.96 bits per heavy atom. The molecule has 26 heavy (non-hydrogen) atoms. The molecular weight excluding hydrogens is 328 g/mol. The van der Waals surface area contributed by atoms with E-state index in [9.17, 15) is 4.79 Å². The van der Waals surface area contributed by atoms with Crippen molar-refractivity contribution in [2.45, 2.75) is 32.1 Å². The van der Waals surface area contributed by atoms with Crippen LogP contribution in [-0.2, 0) is 12.8 Å². The predicted octanol–water partition coefficient (Wildman–Crippen LogP) is 2.40. The number of hydrogen-bond acceptors (Lipinski definition) is 4. The Kier molecular flexibility index (Phi) is 4.93. The summed E-state index contributed by atoms with van der Waals surface area (Å²) < 4.78 is 5.31. The maximum absolute atomic E-state index is 12.6. The molecule has 6 heteroatoms. The van der Waals surface area contributed by atoms with Gasteiger partial charge in [0, 0.05) is 17.7 Å². The molecule has 0 atom stereocenters. The smallest absolute Gasteiger partial charge is 0.269 e. The summed E-state index contributed by atoms with van der Waals surface area (Å²) in [7, 11) is 1.68. The first-order valence-electron chi connectivity index (χ1n) is 9.51. The molecule has 2 aromatic rings. The van der Waals surface area contributed by atoms with E-state index in [2.05, 4.69) is 26.5 Å². The third-order valence-electron chi connectivity index (χ3n) is 5.44. The number of benzene rings is 1. The fourth-order valence-electron chi connectivity index (χ4n) is 4.01. The van der Waals surface area contributed by atoms with E-state index >= 15 is 0 Å². The van der Waals surface area contributed by atoms with Crippen molar-refractivity contribution in [2.75, 3.05) is 33.3 Å². The number of likely N-dealkylation sites (tertiary alicyclic amines) is 1. The molecule has 1 aromatic heterocycles. The number of carbonyl (C=O) groups excluding carboxylic acids is 1. The van der Waals surface area contributed by atoms with Gasteiger partial charge in [-0.05, 0) is 75.5 Å². The van der Waals surface area contributed by atoms with Gasteiger partial charge < -0.3 is 15.0 Å². The van der Waals surface area contributed by atoms with Crippen molar-refractivity contribution < 1.29 is 9.53 Å². The number of aromatic amines is 1. The van der Waals surface area contributed by atoms with Crippen molar-refractivity contribution in [3.63, 3.8) is 0 Å². The van der Waals surface area contributed by atoms with Gasteiger partial charge in [-0.15, -0.1) is 0 Å². The topological polar surface area (TPSA) is 70.2 Å². The molecule has 2 aliphatic rings. The van der Waals surface area contributed by atoms with Crippen LogP contribution in [0.1, 0.15) is 40.9 Å². The normalized spacial score (nSPS) is 16.2. The Labute approximate surface area is 153 Å². The van der Waals surface area contributed by atoms with Gasteiger partial charge >= 0.3 is 0 Å². The fraction of sp³-hybridized carbons (Fsp3) is 0.500. The minimum Gasteiger partial charge on any atom is -0.497 e. The summed E-state index contributed by atoms with van der Waals surface area (Å²) in [6, 6.07) is 6.04. The molecule has 1 aromatic carbocycles. The zero-order chi connectivity index (χ0) is 17.9. The van der Waals surface area contributed by atoms with E-state index in [-0.39, 0.29) is 5.91 Å². The first kappa shape index (κ1) is 17.1. The monoisotopic (exact) mass is 354 g/mol. The second kappa shape index (κ2) is 7.50. The standard InChI is InChI=1S/C20H26N4O2/c1-26-15-6-8-16-14(13-15)5-7-17-18(16)22-23-19(17)20(25)21-9-4-12-24-10-2-3-11-24/h6,8,13H,2-5,7,9-12H2,1H3,(H,21,25)(H,22,23). The van der Waals surface area contributed by atoms with Crippen molar-refractivity contribution in [3.05, 3.63) is 35.0 Å². The Balaban J connectivity index is 1.40. The number of methoxy groups -OCH3 is 1. The summed E-state index contributed by atoms with van der Waals surface area (Å²) in [4.78, 5) is 15.0. The largest absolute Gasteiger partial charge is 0.497 e. The fourth-order valence-corrected chi connectivity index (χ4v) is 4.01. The Morgan fingerprint density at radius 2 is 2.15 bits per heavy atom. The van der Waals surface area contributed by atoms with E-state index in [0.717, 1.165) is 48.4 Å². The van der Waals surface area contributed by atoms with Gasteiger partial charge in [0.05, 0.1) is 12.8 Å². The van der Waals surface area contributed by atoms with Crippen LogP contribution < -0.4 is 10.1 Å². The maximum Gasteiger partial charge on any atom is 0.269 e. The van der Waals surface area contributed by atoms with Crippen LogP contribution in [-0.4, -0.2) is 54.3 Å². The molecule has 1 aliphatic heterocycles. The number of rotatable bonds is 6. The molecule has 4 rings (SSSR count). The van der Waals surface area contributed by atoms with Gasteiger partial charge in [0.1, 0.15) is 11.4 Å². The van der Waals surface area contributed by atoms with Gasteiger partial charge in [0.25, 0.3) is 5.91 Å². The van der Waals surface area contributed by atoms with Crippen molar-refractivity contribution in [3.8, 4) is 17.0 Å². The van der Waals surface area contributed by atoms with Gasteiger partial charge in [0.2, 0.25) is 0 Å². The van der Waals surface area contributed by atoms with Crippen molar-refractivity contribution in [2.24, 2.45) is 0 Å². The van der Waals surface area contributed by atoms with E-state index in [1.54, 1.807) is 7.11 Å². The molecule has 0 saturated carbocycles. The quantitative estimate of drug-likeness (QED) is 0.782. The molecule has 2 heterocycles. The number of fused-ring (bicyclic) bond motifs is 3. The molecule has 0 radical (unpaired) electrons. The van der Waals surface area contributed by atoms with Crippen LogP contribution in [0.25, 0.3) is 11.3 Å². The highest BCUT2D eigenvalue weighted by molar-refractivity contribution is 5.96. The molecule has 1 aliphatic carbocycles. The van der Waals surface area contributed by atoms with E-state index in [1.165, 1.54) is 31.5 Å². The second-order valence-electron chi connectivity index (χ2n) is 7.11. The lowest BCUT2D eigenvalue weighted by molar-refractivity contribution is 0.0946. The molecule has 0 unspecified atom stereocenters. The third kappa shape index (κ3) is 3.33. The predicted molar refractivity (Wildman–Crippen MR) is 101 cm³/mol. The number of aryl methyl sites for hydroxylation is 1. The van der Waals surface area contributed by atoms with Gasteiger partial charge in [-0.2, -0.15) is 5.10 Å². The van der Waals surface area contributed by atoms with E-state index in [0.29, 0.717) is 12.2 Å². The number of H-pyrrole nitrogens is 1. The molecule has 0 spiro atoms. The number of carbonyl (C=O) groups is 1. The van der Waals surface area contributed by atoms with Crippen LogP contribution in [0.3, 0.4) is 0 Å². The average Bonchev–Trinajstić information content (AvgIpc) is 3.34. The lowest BCUT2D eigenvalue weighted by atomic mass is 9.89. The van der Waals surface area contributed by atoms with Crippen LogP contribution >= 0.6 is 0 Å². The SMILES string of the molecule is COc1ccc2c(c1)CCc1c-2n[nH]c1C(=O)NCCCN1CCCC1. The van der Waals surface area contributed by atoms with Crippen LogP contribution in [0.15, 0.2) is 18.2 Å². The highest BCUT2D eigenvalue weighted by Gasteiger charge is 2.25. The first-order chi connectivity index (χ1) is 12.8. The highest BCUT2D eigenvalue weighted by atomic mass is 16.5. The molecule has 1 amide bonds. The summed E-state index contributed by atoms with van der Waals surface area (Å²) in [6.07, 6.45) is 5.32. The Morgan fingerprint density at radius 1 is 1.31 bits per heavy atom. The maximum atomic E-state index is 12.6. The lowest BCUT2D eigenvalue weighted by Gasteiger charge is -2.17. The van der Waals surface area contributed by atoms with Crippen LogP contribution in [0.5, 0.6) is 5.75 Å². The second-order valence-corrected chi connectivity index (χ2v) is 7.11. The Hall–Kier alpha value is -2.34. The molecule has 2 N–H and O–H groups in total.